The molecule has 0 bridgehead atoms. The zero-order chi connectivity index (χ0) is 18.7. The number of hydrogen-bond donors (Lipinski definition) is 1. The molecule has 0 saturated carbocycles. The number of carbonyl (C=O) groups excluding carboxylic acids is 1. The molecular weight excluding hydrogens is 328 g/mol. The van der Waals surface area contributed by atoms with Crippen molar-refractivity contribution in [3.8, 4) is 5.69 Å². The van der Waals surface area contributed by atoms with Crippen LogP contribution >= 0.6 is 0 Å². The van der Waals surface area contributed by atoms with Crippen LogP contribution in [0.2, 0.25) is 0 Å². The van der Waals surface area contributed by atoms with E-state index in [0.29, 0.717) is 5.69 Å². The lowest BCUT2D eigenvalue weighted by molar-refractivity contribution is 0.101. The molecule has 0 unspecified atom stereocenters. The first-order chi connectivity index (χ1) is 12.5. The third kappa shape index (κ3) is 3.81. The minimum atomic E-state index is -0.305. The molecule has 1 aromatic heterocycles. The summed E-state index contributed by atoms with van der Waals surface area (Å²) in [7, 11) is 1.58. The minimum Gasteiger partial charge on any atom is -0.378 e. The van der Waals surface area contributed by atoms with Crippen molar-refractivity contribution in [2.75, 3.05) is 12.4 Å². The minimum absolute atomic E-state index is 0.233. The Morgan fingerprint density at radius 3 is 2.46 bits per heavy atom. The second-order valence-electron chi connectivity index (χ2n) is 6.40. The van der Waals surface area contributed by atoms with Crippen molar-refractivity contribution < 1.29 is 9.53 Å². The fourth-order valence-corrected chi connectivity index (χ4v) is 2.95. The van der Waals surface area contributed by atoms with Gasteiger partial charge in [0.25, 0.3) is 5.91 Å². The Balaban J connectivity index is 1.95. The van der Waals surface area contributed by atoms with Crippen LogP contribution < -0.4 is 5.32 Å². The molecule has 0 aliphatic heterocycles. The summed E-state index contributed by atoms with van der Waals surface area (Å²) in [6.45, 7) is 6.22. The Labute approximate surface area is 152 Å². The molecule has 0 radical (unpaired) electrons. The van der Waals surface area contributed by atoms with Gasteiger partial charge >= 0.3 is 0 Å². The molecule has 26 heavy (non-hydrogen) atoms. The molecule has 0 spiro atoms. The number of amides is 1. The predicted octanol–water partition coefficient (Wildman–Crippen LogP) is 3.59. The van der Waals surface area contributed by atoms with Crippen LogP contribution in [0, 0.1) is 20.8 Å². The monoisotopic (exact) mass is 350 g/mol. The van der Waals surface area contributed by atoms with Gasteiger partial charge in [-0.1, -0.05) is 23.4 Å². The molecule has 0 atom stereocenters. The Bertz CT molecular complexity index is 926. The van der Waals surface area contributed by atoms with E-state index in [1.165, 1.54) is 0 Å². The highest BCUT2D eigenvalue weighted by Gasteiger charge is 2.21. The normalized spacial score (nSPS) is 10.8. The molecule has 0 fully saturated rings. The van der Waals surface area contributed by atoms with Gasteiger partial charge in [-0.25, -0.2) is 4.68 Å². The number of carbonyl (C=O) groups is 1. The van der Waals surface area contributed by atoms with Crippen LogP contribution in [-0.2, 0) is 11.3 Å². The SMILES string of the molecule is COCc1c(C(=O)Nc2cc(C)cc(C)c2)nnn1-c1cccc(C)c1. The first kappa shape index (κ1) is 17.8. The van der Waals surface area contributed by atoms with E-state index in [1.807, 2.05) is 57.2 Å². The number of anilines is 1. The van der Waals surface area contributed by atoms with Crippen LogP contribution in [0.4, 0.5) is 5.69 Å². The van der Waals surface area contributed by atoms with Gasteiger partial charge in [-0.05, 0) is 61.7 Å². The number of ether oxygens (including phenoxy) is 1. The maximum Gasteiger partial charge on any atom is 0.278 e. The van der Waals surface area contributed by atoms with Gasteiger partial charge in [0.2, 0.25) is 0 Å². The van der Waals surface area contributed by atoms with Gasteiger partial charge in [-0.3, -0.25) is 4.79 Å². The summed E-state index contributed by atoms with van der Waals surface area (Å²) in [6, 6.07) is 13.8. The second-order valence-corrected chi connectivity index (χ2v) is 6.40. The van der Waals surface area contributed by atoms with Gasteiger partial charge in [0, 0.05) is 12.8 Å². The molecule has 134 valence electrons. The van der Waals surface area contributed by atoms with Gasteiger partial charge in [0.05, 0.1) is 12.3 Å². The largest absolute Gasteiger partial charge is 0.378 e. The van der Waals surface area contributed by atoms with Crippen LogP contribution in [0.15, 0.2) is 42.5 Å². The number of benzene rings is 2. The molecule has 2 aromatic carbocycles. The Kier molecular flexibility index (Phi) is 5.14. The summed E-state index contributed by atoms with van der Waals surface area (Å²) in [6.07, 6.45) is 0. The van der Waals surface area contributed by atoms with Crippen molar-refractivity contribution in [3.63, 3.8) is 0 Å². The van der Waals surface area contributed by atoms with Gasteiger partial charge in [0.1, 0.15) is 5.69 Å². The highest BCUT2D eigenvalue weighted by Crippen LogP contribution is 2.18. The van der Waals surface area contributed by atoms with Gasteiger partial charge < -0.3 is 10.1 Å². The maximum absolute atomic E-state index is 12.8. The van der Waals surface area contributed by atoms with Crippen molar-refractivity contribution in [2.24, 2.45) is 0 Å². The molecule has 6 nitrogen and oxygen atoms in total. The number of hydrogen-bond acceptors (Lipinski definition) is 4. The third-order valence-corrected chi connectivity index (χ3v) is 3.99. The Hall–Kier alpha value is -2.99. The molecular formula is C20H22N4O2. The lowest BCUT2D eigenvalue weighted by Crippen LogP contribution is -2.16. The highest BCUT2D eigenvalue weighted by atomic mass is 16.5. The van der Waals surface area contributed by atoms with E-state index in [1.54, 1.807) is 11.8 Å². The molecule has 3 rings (SSSR count). The number of aromatic nitrogens is 3. The van der Waals surface area contributed by atoms with Crippen molar-refractivity contribution in [1.82, 2.24) is 15.0 Å². The van der Waals surface area contributed by atoms with E-state index in [0.717, 1.165) is 28.1 Å². The zero-order valence-corrected chi connectivity index (χ0v) is 15.4. The summed E-state index contributed by atoms with van der Waals surface area (Å²) in [4.78, 5) is 12.8. The summed E-state index contributed by atoms with van der Waals surface area (Å²) < 4.78 is 6.92. The molecule has 1 N–H and O–H groups in total. The summed E-state index contributed by atoms with van der Waals surface area (Å²) in [5, 5.41) is 11.2. The molecule has 6 heteroatoms. The molecule has 3 aromatic rings. The molecule has 0 saturated heterocycles. The molecule has 1 amide bonds. The van der Waals surface area contributed by atoms with Gasteiger partial charge in [-0.15, -0.1) is 5.10 Å². The first-order valence-corrected chi connectivity index (χ1v) is 8.38. The van der Waals surface area contributed by atoms with E-state index >= 15 is 0 Å². The topological polar surface area (TPSA) is 69.0 Å². The number of nitrogens with one attached hydrogen (secondary N) is 1. The van der Waals surface area contributed by atoms with Crippen molar-refractivity contribution in [2.45, 2.75) is 27.4 Å². The Morgan fingerprint density at radius 1 is 1.08 bits per heavy atom. The fraction of sp³-hybridized carbons (Fsp3) is 0.250. The standard InChI is InChI=1S/C20H22N4O2/c1-13-6-5-7-17(11-13)24-18(12-26-4)19(22-23-24)20(25)21-16-9-14(2)8-15(3)10-16/h5-11H,12H2,1-4H3,(H,21,25). The van der Waals surface area contributed by atoms with Crippen molar-refractivity contribution in [1.29, 1.82) is 0 Å². The van der Waals surface area contributed by atoms with E-state index in [2.05, 4.69) is 21.7 Å². The highest BCUT2D eigenvalue weighted by molar-refractivity contribution is 6.03. The lowest BCUT2D eigenvalue weighted by atomic mass is 10.1. The summed E-state index contributed by atoms with van der Waals surface area (Å²) >= 11 is 0. The van der Waals surface area contributed by atoms with Crippen LogP contribution in [-0.4, -0.2) is 28.0 Å². The lowest BCUT2D eigenvalue weighted by Gasteiger charge is -2.09. The third-order valence-electron chi connectivity index (χ3n) is 3.99. The van der Waals surface area contributed by atoms with E-state index in [-0.39, 0.29) is 18.2 Å². The average Bonchev–Trinajstić information content (AvgIpc) is 2.98. The quantitative estimate of drug-likeness (QED) is 0.763. The maximum atomic E-state index is 12.8. The van der Waals surface area contributed by atoms with E-state index in [4.69, 9.17) is 4.74 Å². The first-order valence-electron chi connectivity index (χ1n) is 8.38. The molecule has 1 heterocycles. The van der Waals surface area contributed by atoms with Crippen LogP contribution in [0.1, 0.15) is 32.9 Å². The molecule has 0 aliphatic carbocycles. The molecule has 0 aliphatic rings. The Morgan fingerprint density at radius 2 is 1.81 bits per heavy atom. The van der Waals surface area contributed by atoms with Gasteiger partial charge in [0.15, 0.2) is 5.69 Å². The van der Waals surface area contributed by atoms with Crippen LogP contribution in [0.3, 0.4) is 0 Å². The predicted molar refractivity (Wildman–Crippen MR) is 101 cm³/mol. The van der Waals surface area contributed by atoms with Crippen LogP contribution in [0.25, 0.3) is 5.69 Å². The van der Waals surface area contributed by atoms with E-state index in [9.17, 15) is 4.79 Å². The number of rotatable bonds is 5. The second kappa shape index (κ2) is 7.49. The van der Waals surface area contributed by atoms with E-state index < -0.39 is 0 Å². The van der Waals surface area contributed by atoms with Crippen LogP contribution in [0.5, 0.6) is 0 Å². The number of aryl methyl sites for hydroxylation is 3. The van der Waals surface area contributed by atoms with Crippen molar-refractivity contribution in [3.05, 3.63) is 70.5 Å². The zero-order valence-electron chi connectivity index (χ0n) is 15.4. The summed E-state index contributed by atoms with van der Waals surface area (Å²) in [5.41, 5.74) is 5.72. The van der Waals surface area contributed by atoms with Gasteiger partial charge in [-0.2, -0.15) is 0 Å². The smallest absolute Gasteiger partial charge is 0.278 e. The number of methoxy groups -OCH3 is 1. The van der Waals surface area contributed by atoms with Crippen molar-refractivity contribution >= 4 is 11.6 Å². The fourth-order valence-electron chi connectivity index (χ4n) is 2.95. The average molecular weight is 350 g/mol. The number of nitrogens with zero attached hydrogens (tertiary/aromatic N) is 3. The summed E-state index contributed by atoms with van der Waals surface area (Å²) in [5.74, 6) is -0.305.